The minimum absolute atomic E-state index is 0.135. The van der Waals surface area contributed by atoms with E-state index in [9.17, 15) is 13.6 Å². The molecule has 0 spiro atoms. The summed E-state index contributed by atoms with van der Waals surface area (Å²) in [6.07, 6.45) is 3.71. The Labute approximate surface area is 73.0 Å². The third-order valence-electron chi connectivity index (χ3n) is 1.13. The number of hydrogen-bond acceptors (Lipinski definition) is 3. The van der Waals surface area contributed by atoms with Gasteiger partial charge in [-0.15, -0.1) is 0 Å². The number of halogens is 2. The van der Waals surface area contributed by atoms with Crippen molar-refractivity contribution in [1.82, 2.24) is 15.3 Å². The van der Waals surface area contributed by atoms with E-state index in [0.29, 0.717) is 6.92 Å². The lowest BCUT2D eigenvalue weighted by Crippen LogP contribution is -2.38. The highest BCUT2D eigenvalue weighted by atomic mass is 19.3. The van der Waals surface area contributed by atoms with Crippen molar-refractivity contribution in [2.24, 2.45) is 0 Å². The molecule has 0 saturated carbocycles. The first-order valence-electron chi connectivity index (χ1n) is 3.45. The van der Waals surface area contributed by atoms with E-state index in [0.717, 1.165) is 6.20 Å². The fourth-order valence-electron chi connectivity index (χ4n) is 0.680. The number of nitrogens with zero attached hydrogens (tertiary/aromatic N) is 2. The molecule has 1 aromatic rings. The number of nitrogens with one attached hydrogen (secondary N) is 1. The number of carbonyl (C=O) groups excluding carboxylic acids is 1. The summed E-state index contributed by atoms with van der Waals surface area (Å²) in [4.78, 5) is 18.1. The maximum absolute atomic E-state index is 12.3. The highest BCUT2D eigenvalue weighted by molar-refractivity contribution is 5.92. The number of carbonyl (C=O) groups is 1. The fraction of sp³-hybridized carbons (Fsp3) is 0.286. The summed E-state index contributed by atoms with van der Waals surface area (Å²) in [6.45, 7) is 0.585. The fourth-order valence-corrected chi connectivity index (χ4v) is 0.680. The molecule has 6 heteroatoms. The number of amides is 1. The van der Waals surface area contributed by atoms with Crippen LogP contribution in [0.2, 0.25) is 0 Å². The van der Waals surface area contributed by atoms with Crippen molar-refractivity contribution in [3.8, 4) is 0 Å². The standard InChI is InChI=1S/C7H7F2N3O/c1-7(8,9)12-6(13)5-4-10-2-3-11-5/h2-4H,1H3,(H,12,13). The summed E-state index contributed by atoms with van der Waals surface area (Å²) in [5.41, 5.74) is -0.135. The third-order valence-corrected chi connectivity index (χ3v) is 1.13. The molecule has 0 fully saturated rings. The molecule has 1 rings (SSSR count). The Morgan fingerprint density at radius 2 is 2.23 bits per heavy atom. The van der Waals surface area contributed by atoms with Gasteiger partial charge in [0, 0.05) is 19.3 Å². The normalized spacial score (nSPS) is 11.0. The van der Waals surface area contributed by atoms with Gasteiger partial charge >= 0.3 is 6.05 Å². The number of rotatable bonds is 2. The molecular weight excluding hydrogens is 180 g/mol. The van der Waals surface area contributed by atoms with Gasteiger partial charge in [-0.05, 0) is 0 Å². The van der Waals surface area contributed by atoms with Gasteiger partial charge in [-0.1, -0.05) is 0 Å². The molecule has 1 heterocycles. The summed E-state index contributed by atoms with van der Waals surface area (Å²) < 4.78 is 24.6. The molecule has 0 saturated heterocycles. The molecule has 0 bridgehead atoms. The van der Waals surface area contributed by atoms with Crippen molar-refractivity contribution in [2.45, 2.75) is 13.0 Å². The minimum Gasteiger partial charge on any atom is -0.292 e. The monoisotopic (exact) mass is 187 g/mol. The van der Waals surface area contributed by atoms with Gasteiger partial charge in [0.2, 0.25) is 0 Å². The highest BCUT2D eigenvalue weighted by Crippen LogP contribution is 2.06. The summed E-state index contributed by atoms with van der Waals surface area (Å²) in [6, 6.07) is -3.24. The zero-order valence-corrected chi connectivity index (χ0v) is 6.79. The Balaban J connectivity index is 2.71. The number of hydrogen-bond donors (Lipinski definition) is 1. The molecule has 0 radical (unpaired) electrons. The second-order valence-corrected chi connectivity index (χ2v) is 2.43. The van der Waals surface area contributed by atoms with Crippen LogP contribution in [0.5, 0.6) is 0 Å². The van der Waals surface area contributed by atoms with E-state index in [4.69, 9.17) is 0 Å². The van der Waals surface area contributed by atoms with E-state index in [-0.39, 0.29) is 5.69 Å². The van der Waals surface area contributed by atoms with Crippen LogP contribution >= 0.6 is 0 Å². The van der Waals surface area contributed by atoms with E-state index in [1.54, 1.807) is 0 Å². The van der Waals surface area contributed by atoms with Crippen molar-refractivity contribution in [1.29, 1.82) is 0 Å². The Bertz CT molecular complexity index is 296. The molecule has 1 N–H and O–H groups in total. The maximum atomic E-state index is 12.3. The molecule has 1 aromatic heterocycles. The quantitative estimate of drug-likeness (QED) is 0.697. The number of aromatic nitrogens is 2. The second-order valence-electron chi connectivity index (χ2n) is 2.43. The van der Waals surface area contributed by atoms with E-state index in [2.05, 4.69) is 9.97 Å². The lowest BCUT2D eigenvalue weighted by Gasteiger charge is -2.10. The topological polar surface area (TPSA) is 54.9 Å². The van der Waals surface area contributed by atoms with Gasteiger partial charge in [0.05, 0.1) is 6.20 Å². The van der Waals surface area contributed by atoms with Crippen LogP contribution in [0.4, 0.5) is 8.78 Å². The first kappa shape index (κ1) is 9.50. The Hall–Kier alpha value is -1.59. The molecule has 0 aliphatic heterocycles. The Morgan fingerprint density at radius 3 is 2.69 bits per heavy atom. The van der Waals surface area contributed by atoms with Crippen LogP contribution in [0.3, 0.4) is 0 Å². The SMILES string of the molecule is CC(F)(F)NC(=O)c1cnccn1. The largest absolute Gasteiger partial charge is 0.322 e. The van der Waals surface area contributed by atoms with Crippen molar-refractivity contribution >= 4 is 5.91 Å². The van der Waals surface area contributed by atoms with Crippen molar-refractivity contribution < 1.29 is 13.6 Å². The molecule has 0 aliphatic rings. The Morgan fingerprint density at radius 1 is 1.54 bits per heavy atom. The van der Waals surface area contributed by atoms with Crippen molar-refractivity contribution in [3.05, 3.63) is 24.3 Å². The predicted molar refractivity (Wildman–Crippen MR) is 40.1 cm³/mol. The van der Waals surface area contributed by atoms with Gasteiger partial charge in [0.15, 0.2) is 0 Å². The molecule has 1 amide bonds. The lowest BCUT2D eigenvalue weighted by molar-refractivity contribution is -0.00951. The van der Waals surface area contributed by atoms with Gasteiger partial charge in [-0.3, -0.25) is 15.1 Å². The van der Waals surface area contributed by atoms with Gasteiger partial charge in [0.25, 0.3) is 5.91 Å². The van der Waals surface area contributed by atoms with Crippen molar-refractivity contribution in [3.63, 3.8) is 0 Å². The van der Waals surface area contributed by atoms with Crippen LogP contribution in [0.25, 0.3) is 0 Å². The molecule has 0 aliphatic carbocycles. The third kappa shape index (κ3) is 3.10. The van der Waals surface area contributed by atoms with Crippen LogP contribution in [-0.4, -0.2) is 21.9 Å². The summed E-state index contributed by atoms with van der Waals surface area (Å²) >= 11 is 0. The molecule has 70 valence electrons. The zero-order valence-electron chi connectivity index (χ0n) is 6.79. The molecule has 4 nitrogen and oxygen atoms in total. The van der Waals surface area contributed by atoms with E-state index in [1.165, 1.54) is 17.7 Å². The van der Waals surface area contributed by atoms with Crippen LogP contribution < -0.4 is 5.32 Å². The lowest BCUT2D eigenvalue weighted by atomic mass is 10.4. The van der Waals surface area contributed by atoms with E-state index in [1.807, 2.05) is 0 Å². The van der Waals surface area contributed by atoms with Crippen LogP contribution in [0.15, 0.2) is 18.6 Å². The van der Waals surface area contributed by atoms with Gasteiger partial charge in [0.1, 0.15) is 5.69 Å². The predicted octanol–water partition coefficient (Wildman–Crippen LogP) is 0.819. The van der Waals surface area contributed by atoms with E-state index >= 15 is 0 Å². The molecule has 13 heavy (non-hydrogen) atoms. The maximum Gasteiger partial charge on any atom is 0.322 e. The first-order chi connectivity index (χ1) is 5.99. The van der Waals surface area contributed by atoms with Crippen LogP contribution in [0, 0.1) is 0 Å². The minimum atomic E-state index is -3.24. The van der Waals surface area contributed by atoms with Crippen LogP contribution in [0.1, 0.15) is 17.4 Å². The smallest absolute Gasteiger partial charge is 0.292 e. The first-order valence-corrected chi connectivity index (χ1v) is 3.45. The van der Waals surface area contributed by atoms with Crippen LogP contribution in [-0.2, 0) is 0 Å². The summed E-state index contributed by atoms with van der Waals surface area (Å²) in [5.74, 6) is -0.944. The highest BCUT2D eigenvalue weighted by Gasteiger charge is 2.24. The average Bonchev–Trinajstić information content (AvgIpc) is 2.03. The molecule has 0 atom stereocenters. The molecular formula is C7H7F2N3O. The van der Waals surface area contributed by atoms with E-state index < -0.39 is 12.0 Å². The second kappa shape index (κ2) is 3.42. The summed E-state index contributed by atoms with van der Waals surface area (Å²) in [7, 11) is 0. The Kier molecular flexibility index (Phi) is 2.50. The van der Waals surface area contributed by atoms with Gasteiger partial charge in [-0.25, -0.2) is 4.98 Å². The average molecular weight is 187 g/mol. The molecule has 0 unspecified atom stereocenters. The van der Waals surface area contributed by atoms with Crippen molar-refractivity contribution in [2.75, 3.05) is 0 Å². The number of alkyl halides is 2. The van der Waals surface area contributed by atoms with Gasteiger partial charge in [-0.2, -0.15) is 8.78 Å². The molecule has 0 aromatic carbocycles. The summed E-state index contributed by atoms with van der Waals surface area (Å²) in [5, 5.41) is 1.46. The van der Waals surface area contributed by atoms with Gasteiger partial charge < -0.3 is 0 Å². The zero-order chi connectivity index (χ0) is 9.90.